The molecular weight excluding hydrogens is 300 g/mol. The number of hydrogen-bond acceptors (Lipinski definition) is 5. The maximum Gasteiger partial charge on any atom is 0.314 e. The van der Waals surface area contributed by atoms with E-state index < -0.39 is 29.4 Å². The summed E-state index contributed by atoms with van der Waals surface area (Å²) in [6.45, 7) is 2.52. The van der Waals surface area contributed by atoms with Crippen molar-refractivity contribution >= 4 is 17.9 Å². The van der Waals surface area contributed by atoms with Gasteiger partial charge in [-0.3, -0.25) is 14.4 Å². The van der Waals surface area contributed by atoms with E-state index in [-0.39, 0.29) is 5.75 Å². The average Bonchev–Trinajstić information content (AvgIpc) is 2.47. The minimum absolute atomic E-state index is 0.240. The molecule has 0 unspecified atom stereocenters. The van der Waals surface area contributed by atoms with E-state index >= 15 is 0 Å². The molecule has 0 saturated carbocycles. The van der Waals surface area contributed by atoms with Crippen LogP contribution in [0.4, 0.5) is 0 Å². The molecule has 0 amide bonds. The Morgan fingerprint density at radius 3 is 2.17 bits per heavy atom. The molecule has 0 heterocycles. The van der Waals surface area contributed by atoms with E-state index in [0.29, 0.717) is 5.56 Å². The third-order valence-electron chi connectivity index (χ3n) is 3.26. The summed E-state index contributed by atoms with van der Waals surface area (Å²) >= 11 is 0. The Labute approximate surface area is 133 Å². The number of para-hydroxylation sites is 1. The van der Waals surface area contributed by atoms with Gasteiger partial charge in [-0.05, 0) is 18.2 Å². The molecule has 6 nitrogen and oxygen atoms in total. The Morgan fingerprint density at radius 2 is 1.65 bits per heavy atom. The molecule has 0 radical (unpaired) electrons. The number of carbonyl (C=O) groups is 3. The van der Waals surface area contributed by atoms with E-state index in [9.17, 15) is 14.4 Å². The number of aliphatic carboxylic acids is 1. The average molecular weight is 316 g/mol. The molecule has 1 aliphatic carbocycles. The van der Waals surface area contributed by atoms with Gasteiger partial charge >= 0.3 is 17.9 Å². The van der Waals surface area contributed by atoms with Gasteiger partial charge in [0.25, 0.3) is 0 Å². The van der Waals surface area contributed by atoms with Crippen LogP contribution in [0.3, 0.4) is 0 Å². The first-order valence-corrected chi connectivity index (χ1v) is 6.93. The van der Waals surface area contributed by atoms with Crippen LogP contribution in [0, 0.1) is 5.92 Å². The summed E-state index contributed by atoms with van der Waals surface area (Å²) in [4.78, 5) is 33.9. The number of hydrogen-bond donors (Lipinski definition) is 1. The van der Waals surface area contributed by atoms with E-state index in [2.05, 4.69) is 0 Å². The van der Waals surface area contributed by atoms with Gasteiger partial charge in [0.2, 0.25) is 0 Å². The molecular formula is C17H16O6. The van der Waals surface area contributed by atoms with Crippen LogP contribution < -0.4 is 4.74 Å². The summed E-state index contributed by atoms with van der Waals surface area (Å²) in [7, 11) is 0. The molecule has 6 heteroatoms. The molecule has 1 aromatic rings. The fourth-order valence-corrected chi connectivity index (χ4v) is 2.35. The third kappa shape index (κ3) is 3.66. The molecule has 0 bridgehead atoms. The summed E-state index contributed by atoms with van der Waals surface area (Å²) in [5.74, 6) is -2.64. The summed E-state index contributed by atoms with van der Waals surface area (Å²) in [5.41, 5.74) is -0.883. The van der Waals surface area contributed by atoms with Gasteiger partial charge < -0.3 is 14.6 Å². The van der Waals surface area contributed by atoms with Crippen LogP contribution in [-0.2, 0) is 24.7 Å². The molecule has 0 spiro atoms. The summed E-state index contributed by atoms with van der Waals surface area (Å²) < 4.78 is 10.6. The third-order valence-corrected chi connectivity index (χ3v) is 3.26. The van der Waals surface area contributed by atoms with Crippen molar-refractivity contribution in [2.75, 3.05) is 0 Å². The number of ether oxygens (including phenoxy) is 2. The zero-order valence-electron chi connectivity index (χ0n) is 12.7. The van der Waals surface area contributed by atoms with Gasteiger partial charge in [-0.2, -0.15) is 0 Å². The van der Waals surface area contributed by atoms with Gasteiger partial charge in [0.1, 0.15) is 5.75 Å². The second kappa shape index (κ2) is 6.48. The molecule has 1 aromatic carbocycles. The van der Waals surface area contributed by atoms with E-state index in [1.807, 2.05) is 0 Å². The highest BCUT2D eigenvalue weighted by molar-refractivity contribution is 5.76. The van der Waals surface area contributed by atoms with E-state index in [1.54, 1.807) is 24.3 Å². The van der Waals surface area contributed by atoms with Crippen molar-refractivity contribution in [1.82, 2.24) is 0 Å². The van der Waals surface area contributed by atoms with Crippen molar-refractivity contribution in [3.63, 3.8) is 0 Å². The van der Waals surface area contributed by atoms with E-state index in [1.165, 1.54) is 38.2 Å². The Hall–Kier alpha value is -2.89. The fraction of sp³-hybridized carbons (Fsp3) is 0.235. The number of carbonyl (C=O) groups excluding carboxylic acids is 2. The van der Waals surface area contributed by atoms with Crippen LogP contribution in [-0.4, -0.2) is 23.0 Å². The lowest BCUT2D eigenvalue weighted by Crippen LogP contribution is -2.31. The summed E-state index contributed by atoms with van der Waals surface area (Å²) in [5, 5.41) is 9.05. The van der Waals surface area contributed by atoms with Crippen molar-refractivity contribution in [3.8, 4) is 5.75 Å². The highest BCUT2D eigenvalue weighted by atomic mass is 16.6. The number of benzene rings is 1. The molecule has 0 fully saturated rings. The van der Waals surface area contributed by atoms with E-state index in [0.717, 1.165) is 0 Å². The van der Waals surface area contributed by atoms with Gasteiger partial charge in [0.05, 0.1) is 5.92 Å². The first kappa shape index (κ1) is 16.5. The second-order valence-corrected chi connectivity index (χ2v) is 5.06. The van der Waals surface area contributed by atoms with Crippen molar-refractivity contribution in [2.45, 2.75) is 19.4 Å². The predicted molar refractivity (Wildman–Crippen MR) is 80.6 cm³/mol. The highest BCUT2D eigenvalue weighted by Crippen LogP contribution is 2.38. The molecule has 0 saturated heterocycles. The molecule has 0 aliphatic heterocycles. The van der Waals surface area contributed by atoms with Crippen molar-refractivity contribution in [1.29, 1.82) is 0 Å². The number of carboxylic acids is 1. The molecule has 1 N–H and O–H groups in total. The van der Waals surface area contributed by atoms with Crippen LogP contribution in [0.1, 0.15) is 19.4 Å². The zero-order chi connectivity index (χ0) is 17.0. The topological polar surface area (TPSA) is 89.9 Å². The molecule has 23 heavy (non-hydrogen) atoms. The van der Waals surface area contributed by atoms with Crippen LogP contribution >= 0.6 is 0 Å². The molecule has 120 valence electrons. The summed E-state index contributed by atoms with van der Waals surface area (Å²) in [6, 6.07) is 6.61. The first-order valence-electron chi connectivity index (χ1n) is 6.93. The number of esters is 2. The quantitative estimate of drug-likeness (QED) is 0.520. The second-order valence-electron chi connectivity index (χ2n) is 5.06. The minimum atomic E-state index is -1.32. The van der Waals surface area contributed by atoms with Gasteiger partial charge in [-0.1, -0.05) is 30.4 Å². The van der Waals surface area contributed by atoms with Crippen LogP contribution in [0.2, 0.25) is 0 Å². The first-order chi connectivity index (χ1) is 10.8. The lowest BCUT2D eigenvalue weighted by atomic mass is 9.85. The normalized spacial score (nSPS) is 22.4. The maximum atomic E-state index is 11.5. The highest BCUT2D eigenvalue weighted by Gasteiger charge is 2.36. The lowest BCUT2D eigenvalue weighted by molar-refractivity contribution is -0.149. The Balaban J connectivity index is 2.51. The van der Waals surface area contributed by atoms with Gasteiger partial charge in [0, 0.05) is 19.4 Å². The van der Waals surface area contributed by atoms with Gasteiger partial charge in [-0.25, -0.2) is 0 Å². The Kier molecular flexibility index (Phi) is 4.64. The van der Waals surface area contributed by atoms with Crippen LogP contribution in [0.25, 0.3) is 0 Å². The van der Waals surface area contributed by atoms with Crippen LogP contribution in [0.5, 0.6) is 5.75 Å². The maximum absolute atomic E-state index is 11.5. The van der Waals surface area contributed by atoms with Gasteiger partial charge in [-0.15, -0.1) is 0 Å². The lowest BCUT2D eigenvalue weighted by Gasteiger charge is -2.31. The predicted octanol–water partition coefficient (Wildman–Crippen LogP) is 2.20. The summed E-state index contributed by atoms with van der Waals surface area (Å²) in [6.07, 6.45) is 5.82. The number of carboxylic acid groups (broad SMARTS) is 1. The monoisotopic (exact) mass is 316 g/mol. The van der Waals surface area contributed by atoms with Crippen LogP contribution in [0.15, 0.2) is 48.6 Å². The number of rotatable bonds is 4. The Bertz CT molecular complexity index is 687. The minimum Gasteiger partial charge on any atom is -0.481 e. The standard InChI is InChI=1S/C17H16O6/c1-11(18)22-15-6-4-3-5-14(15)17(23-12(2)19)9-7-13(8-10-17)16(20)21/h3-10,13H,1-2H3,(H,20,21). The van der Waals surface area contributed by atoms with Crippen molar-refractivity contribution < 1.29 is 29.0 Å². The molecule has 0 atom stereocenters. The molecule has 1 aliphatic rings. The largest absolute Gasteiger partial charge is 0.481 e. The molecule has 2 rings (SSSR count). The van der Waals surface area contributed by atoms with Gasteiger partial charge in [0.15, 0.2) is 5.60 Å². The van der Waals surface area contributed by atoms with Crippen molar-refractivity contribution in [3.05, 3.63) is 54.1 Å². The molecule has 0 aromatic heterocycles. The van der Waals surface area contributed by atoms with E-state index in [4.69, 9.17) is 14.6 Å². The fourth-order valence-electron chi connectivity index (χ4n) is 2.35. The zero-order valence-corrected chi connectivity index (χ0v) is 12.7. The Morgan fingerprint density at radius 1 is 1.04 bits per heavy atom. The van der Waals surface area contributed by atoms with Crippen molar-refractivity contribution in [2.24, 2.45) is 5.92 Å². The smallest absolute Gasteiger partial charge is 0.314 e. The SMILES string of the molecule is CC(=O)Oc1ccccc1C1(OC(C)=O)C=CC(C(=O)O)C=C1.